The summed E-state index contributed by atoms with van der Waals surface area (Å²) in [5.74, 6) is -0.148. The standard InChI is InChI=1S/C20H23ClN4OS/c1-14-18(20(26)23-24-11-5-2-6-12-24)22-25(16-9-4-3-8-15(16)21)19(14)17-10-7-13-27-17/h3-4,7-10,13-14,19H,2,5-6,11-12H2,1H3,(H,23,26)/t14-,19+/m0/s1. The van der Waals surface area contributed by atoms with E-state index in [9.17, 15) is 4.79 Å². The first-order valence-corrected chi connectivity index (χ1v) is 10.6. The number of rotatable bonds is 4. The summed E-state index contributed by atoms with van der Waals surface area (Å²) in [7, 11) is 0. The Balaban J connectivity index is 1.64. The van der Waals surface area contributed by atoms with Crippen molar-refractivity contribution >= 4 is 40.2 Å². The summed E-state index contributed by atoms with van der Waals surface area (Å²) < 4.78 is 0. The number of nitrogens with zero attached hydrogens (tertiary/aromatic N) is 3. The number of hydrazone groups is 1. The highest BCUT2D eigenvalue weighted by atomic mass is 35.5. The van der Waals surface area contributed by atoms with E-state index < -0.39 is 0 Å². The van der Waals surface area contributed by atoms with E-state index in [0.717, 1.165) is 31.6 Å². The number of benzene rings is 1. The van der Waals surface area contributed by atoms with Gasteiger partial charge in [0.2, 0.25) is 0 Å². The predicted octanol–water partition coefficient (Wildman–Crippen LogP) is 4.47. The van der Waals surface area contributed by atoms with Crippen LogP contribution in [-0.2, 0) is 4.79 Å². The Morgan fingerprint density at radius 1 is 1.19 bits per heavy atom. The first kappa shape index (κ1) is 18.5. The summed E-state index contributed by atoms with van der Waals surface area (Å²) in [5.41, 5.74) is 4.43. The third-order valence-electron chi connectivity index (χ3n) is 5.17. The van der Waals surface area contributed by atoms with Gasteiger partial charge >= 0.3 is 0 Å². The molecular weight excluding hydrogens is 380 g/mol. The molecule has 1 aromatic heterocycles. The normalized spacial score (nSPS) is 23.3. The van der Waals surface area contributed by atoms with Gasteiger partial charge in [0.15, 0.2) is 0 Å². The van der Waals surface area contributed by atoms with E-state index in [4.69, 9.17) is 16.7 Å². The predicted molar refractivity (Wildman–Crippen MR) is 111 cm³/mol. The smallest absolute Gasteiger partial charge is 0.282 e. The van der Waals surface area contributed by atoms with Crippen LogP contribution in [0.4, 0.5) is 5.69 Å². The average Bonchev–Trinajstić information content (AvgIpc) is 3.30. The van der Waals surface area contributed by atoms with Crippen LogP contribution in [0.15, 0.2) is 46.9 Å². The van der Waals surface area contributed by atoms with Crippen molar-refractivity contribution in [1.82, 2.24) is 10.4 Å². The van der Waals surface area contributed by atoms with Gasteiger partial charge in [-0.15, -0.1) is 11.3 Å². The minimum absolute atomic E-state index is 0.0352. The molecule has 0 spiro atoms. The van der Waals surface area contributed by atoms with E-state index in [1.165, 1.54) is 11.3 Å². The van der Waals surface area contributed by atoms with Crippen LogP contribution in [0, 0.1) is 5.92 Å². The molecule has 3 heterocycles. The van der Waals surface area contributed by atoms with Gasteiger partial charge < -0.3 is 0 Å². The third-order valence-corrected chi connectivity index (χ3v) is 6.43. The minimum Gasteiger partial charge on any atom is -0.284 e. The van der Waals surface area contributed by atoms with Crippen LogP contribution in [0.25, 0.3) is 0 Å². The molecule has 142 valence electrons. The quantitative estimate of drug-likeness (QED) is 0.820. The summed E-state index contributed by atoms with van der Waals surface area (Å²) in [6.45, 7) is 3.86. The van der Waals surface area contributed by atoms with Gasteiger partial charge in [-0.05, 0) is 36.4 Å². The van der Waals surface area contributed by atoms with E-state index in [2.05, 4.69) is 23.8 Å². The van der Waals surface area contributed by atoms with E-state index >= 15 is 0 Å². The van der Waals surface area contributed by atoms with E-state index in [-0.39, 0.29) is 17.9 Å². The zero-order valence-electron chi connectivity index (χ0n) is 15.3. The van der Waals surface area contributed by atoms with Crippen molar-refractivity contribution in [2.75, 3.05) is 18.1 Å². The number of piperidine rings is 1. The van der Waals surface area contributed by atoms with Gasteiger partial charge in [-0.1, -0.05) is 43.1 Å². The lowest BCUT2D eigenvalue weighted by Crippen LogP contribution is -2.48. The van der Waals surface area contributed by atoms with Gasteiger partial charge in [-0.25, -0.2) is 5.01 Å². The first-order chi connectivity index (χ1) is 13.1. The van der Waals surface area contributed by atoms with Gasteiger partial charge in [0.1, 0.15) is 5.71 Å². The molecule has 2 aliphatic rings. The summed E-state index contributed by atoms with van der Waals surface area (Å²) in [5, 5.41) is 11.3. The van der Waals surface area contributed by atoms with Crippen molar-refractivity contribution in [3.63, 3.8) is 0 Å². The molecule has 1 N–H and O–H groups in total. The minimum atomic E-state index is -0.111. The highest BCUT2D eigenvalue weighted by molar-refractivity contribution is 7.10. The Kier molecular flexibility index (Phi) is 5.48. The first-order valence-electron chi connectivity index (χ1n) is 9.37. The van der Waals surface area contributed by atoms with Gasteiger partial charge in [-0.2, -0.15) is 5.10 Å². The number of anilines is 1. The van der Waals surface area contributed by atoms with Gasteiger partial charge in [0, 0.05) is 23.9 Å². The molecule has 0 radical (unpaired) electrons. The molecule has 1 fully saturated rings. The topological polar surface area (TPSA) is 47.9 Å². The van der Waals surface area contributed by atoms with Gasteiger partial charge in [0.05, 0.1) is 16.8 Å². The molecule has 2 aromatic rings. The molecule has 2 atom stereocenters. The zero-order valence-corrected chi connectivity index (χ0v) is 16.8. The second kappa shape index (κ2) is 8.00. The fraction of sp³-hybridized carbons (Fsp3) is 0.400. The number of thiophene rings is 1. The maximum atomic E-state index is 13.0. The molecule has 1 saturated heterocycles. The van der Waals surface area contributed by atoms with Crippen LogP contribution in [0.5, 0.6) is 0 Å². The largest absolute Gasteiger partial charge is 0.284 e. The molecule has 5 nitrogen and oxygen atoms in total. The van der Waals surface area contributed by atoms with Crippen molar-refractivity contribution in [2.45, 2.75) is 32.2 Å². The molecule has 27 heavy (non-hydrogen) atoms. The number of hydrogen-bond donors (Lipinski definition) is 1. The van der Waals surface area contributed by atoms with Crippen molar-refractivity contribution in [1.29, 1.82) is 0 Å². The lowest BCUT2D eigenvalue weighted by atomic mass is 9.95. The number of hydrazine groups is 1. The van der Waals surface area contributed by atoms with Crippen molar-refractivity contribution in [2.24, 2.45) is 11.0 Å². The SMILES string of the molecule is C[C@H]1C(C(=O)NN2CCCCC2)=NN(c2ccccc2Cl)[C@H]1c1cccs1. The van der Waals surface area contributed by atoms with Crippen LogP contribution in [0.2, 0.25) is 5.02 Å². The lowest BCUT2D eigenvalue weighted by molar-refractivity contribution is -0.120. The maximum Gasteiger partial charge on any atom is 0.282 e. The number of para-hydroxylation sites is 1. The van der Waals surface area contributed by atoms with E-state index in [1.54, 1.807) is 11.3 Å². The number of carbonyl (C=O) groups is 1. The van der Waals surface area contributed by atoms with Crippen molar-refractivity contribution < 1.29 is 4.79 Å². The third kappa shape index (κ3) is 3.74. The van der Waals surface area contributed by atoms with Crippen molar-refractivity contribution in [3.05, 3.63) is 51.7 Å². The monoisotopic (exact) mass is 402 g/mol. The van der Waals surface area contributed by atoms with E-state index in [0.29, 0.717) is 10.7 Å². The average molecular weight is 403 g/mol. The second-order valence-electron chi connectivity index (χ2n) is 7.02. The fourth-order valence-electron chi connectivity index (χ4n) is 3.76. The van der Waals surface area contributed by atoms with Crippen LogP contribution in [-0.4, -0.2) is 29.7 Å². The number of carbonyl (C=O) groups excluding carboxylic acids is 1. The highest BCUT2D eigenvalue weighted by Gasteiger charge is 2.40. The summed E-state index contributed by atoms with van der Waals surface area (Å²) in [6.07, 6.45) is 3.46. The summed E-state index contributed by atoms with van der Waals surface area (Å²) in [4.78, 5) is 14.1. The van der Waals surface area contributed by atoms with Crippen LogP contribution < -0.4 is 10.4 Å². The zero-order chi connectivity index (χ0) is 18.8. The van der Waals surface area contributed by atoms with Crippen LogP contribution >= 0.6 is 22.9 Å². The van der Waals surface area contributed by atoms with Gasteiger partial charge in [-0.3, -0.25) is 15.2 Å². The maximum absolute atomic E-state index is 13.0. The number of nitrogens with one attached hydrogen (secondary N) is 1. The lowest BCUT2D eigenvalue weighted by Gasteiger charge is -2.27. The molecular formula is C20H23ClN4OS. The Hall–Kier alpha value is -1.89. The molecule has 1 amide bonds. The van der Waals surface area contributed by atoms with E-state index in [1.807, 2.05) is 40.3 Å². The summed E-state index contributed by atoms with van der Waals surface area (Å²) in [6, 6.07) is 11.7. The molecule has 0 aliphatic carbocycles. The van der Waals surface area contributed by atoms with Crippen molar-refractivity contribution in [3.8, 4) is 0 Å². The molecule has 4 rings (SSSR count). The molecule has 0 unspecified atom stereocenters. The van der Waals surface area contributed by atoms with Crippen LogP contribution in [0.3, 0.4) is 0 Å². The Bertz CT molecular complexity index is 832. The molecule has 0 saturated carbocycles. The Morgan fingerprint density at radius 2 is 1.96 bits per heavy atom. The summed E-state index contributed by atoms with van der Waals surface area (Å²) >= 11 is 8.12. The number of amides is 1. The van der Waals surface area contributed by atoms with Crippen LogP contribution in [0.1, 0.15) is 37.1 Å². The Labute approximate surface area is 168 Å². The van der Waals surface area contributed by atoms with Gasteiger partial charge in [0.25, 0.3) is 5.91 Å². The molecule has 1 aromatic carbocycles. The molecule has 7 heteroatoms. The number of halogens is 1. The second-order valence-corrected chi connectivity index (χ2v) is 8.41. The molecule has 2 aliphatic heterocycles. The Morgan fingerprint density at radius 3 is 2.67 bits per heavy atom. The fourth-order valence-corrected chi connectivity index (χ4v) is 4.89. The number of hydrogen-bond acceptors (Lipinski definition) is 5. The molecule has 0 bridgehead atoms. The highest BCUT2D eigenvalue weighted by Crippen LogP contribution is 2.42.